The quantitative estimate of drug-likeness (QED) is 0.788. The molecule has 124 valence electrons. The summed E-state index contributed by atoms with van der Waals surface area (Å²) in [6, 6.07) is 5.77. The minimum absolute atomic E-state index is 0.0535. The van der Waals surface area contributed by atoms with Crippen LogP contribution in [0.25, 0.3) is 0 Å². The molecule has 0 fully saturated rings. The van der Waals surface area contributed by atoms with Crippen LogP contribution in [0, 0.1) is 0 Å². The first-order valence-electron chi connectivity index (χ1n) is 7.63. The Morgan fingerprint density at radius 1 is 1.43 bits per heavy atom. The van der Waals surface area contributed by atoms with Gasteiger partial charge >= 0.3 is 0 Å². The van der Waals surface area contributed by atoms with E-state index in [4.69, 9.17) is 5.11 Å². The number of rotatable bonds is 6. The van der Waals surface area contributed by atoms with Gasteiger partial charge in [0.05, 0.1) is 31.1 Å². The number of aryl methyl sites for hydroxylation is 1. The van der Waals surface area contributed by atoms with Gasteiger partial charge in [0.15, 0.2) is 0 Å². The Kier molecular flexibility index (Phi) is 5.17. The SMILES string of the molecule is OCCn1cc(NC2CCCc3cc(SC(F)F)ccc32)cn1. The van der Waals surface area contributed by atoms with Crippen molar-refractivity contribution in [2.24, 2.45) is 0 Å². The first kappa shape index (κ1) is 16.3. The highest BCUT2D eigenvalue weighted by atomic mass is 32.2. The number of aliphatic hydroxyl groups excluding tert-OH is 1. The van der Waals surface area contributed by atoms with E-state index in [0.717, 1.165) is 30.5 Å². The van der Waals surface area contributed by atoms with E-state index in [9.17, 15) is 8.78 Å². The molecule has 1 aliphatic carbocycles. The summed E-state index contributed by atoms with van der Waals surface area (Å²) in [5.41, 5.74) is 3.22. The fourth-order valence-corrected chi connectivity index (χ4v) is 3.54. The molecule has 1 atom stereocenters. The molecular weight excluding hydrogens is 320 g/mol. The highest BCUT2D eigenvalue weighted by Crippen LogP contribution is 2.35. The third-order valence-corrected chi connectivity index (χ3v) is 4.66. The molecule has 7 heteroatoms. The molecule has 23 heavy (non-hydrogen) atoms. The molecule has 2 N–H and O–H groups in total. The lowest BCUT2D eigenvalue weighted by molar-refractivity contribution is 0.252. The third kappa shape index (κ3) is 4.03. The fraction of sp³-hybridized carbons (Fsp3) is 0.438. The molecule has 1 heterocycles. The van der Waals surface area contributed by atoms with E-state index in [-0.39, 0.29) is 12.6 Å². The van der Waals surface area contributed by atoms with Crippen LogP contribution in [0.4, 0.5) is 14.5 Å². The first-order valence-corrected chi connectivity index (χ1v) is 8.51. The van der Waals surface area contributed by atoms with Gasteiger partial charge in [-0.05, 0) is 42.5 Å². The number of nitrogens with one attached hydrogen (secondary N) is 1. The van der Waals surface area contributed by atoms with Gasteiger partial charge in [0.2, 0.25) is 0 Å². The minimum Gasteiger partial charge on any atom is -0.394 e. The second-order valence-electron chi connectivity index (χ2n) is 5.54. The van der Waals surface area contributed by atoms with Gasteiger partial charge in [-0.25, -0.2) is 0 Å². The maximum atomic E-state index is 12.5. The number of halogens is 2. The smallest absolute Gasteiger partial charge is 0.288 e. The molecule has 1 aromatic heterocycles. The van der Waals surface area contributed by atoms with Crippen molar-refractivity contribution in [2.45, 2.75) is 42.5 Å². The summed E-state index contributed by atoms with van der Waals surface area (Å²) in [7, 11) is 0. The van der Waals surface area contributed by atoms with Gasteiger partial charge in [-0.2, -0.15) is 13.9 Å². The Morgan fingerprint density at radius 3 is 3.09 bits per heavy atom. The number of alkyl halides is 2. The van der Waals surface area contributed by atoms with E-state index >= 15 is 0 Å². The summed E-state index contributed by atoms with van der Waals surface area (Å²) in [5.74, 6) is -2.39. The van der Waals surface area contributed by atoms with Crippen molar-refractivity contribution in [3.8, 4) is 0 Å². The van der Waals surface area contributed by atoms with Crippen LogP contribution in [-0.4, -0.2) is 27.3 Å². The Hall–Kier alpha value is -1.60. The van der Waals surface area contributed by atoms with Gasteiger partial charge in [-0.1, -0.05) is 17.8 Å². The van der Waals surface area contributed by atoms with E-state index in [1.54, 1.807) is 16.9 Å². The Labute approximate surface area is 137 Å². The maximum absolute atomic E-state index is 12.5. The van der Waals surface area contributed by atoms with Gasteiger partial charge in [0.1, 0.15) is 0 Å². The van der Waals surface area contributed by atoms with Crippen molar-refractivity contribution in [2.75, 3.05) is 11.9 Å². The van der Waals surface area contributed by atoms with Crippen LogP contribution in [0.3, 0.4) is 0 Å². The van der Waals surface area contributed by atoms with Crippen LogP contribution in [-0.2, 0) is 13.0 Å². The number of benzene rings is 1. The summed E-state index contributed by atoms with van der Waals surface area (Å²) in [6.07, 6.45) is 6.56. The number of aromatic nitrogens is 2. The molecule has 1 aromatic carbocycles. The summed E-state index contributed by atoms with van der Waals surface area (Å²) in [4.78, 5) is 0.621. The number of hydrogen-bond donors (Lipinski definition) is 2. The fourth-order valence-electron chi connectivity index (χ4n) is 2.98. The molecular formula is C16H19F2N3OS. The molecule has 0 aliphatic heterocycles. The lowest BCUT2D eigenvalue weighted by Gasteiger charge is -2.27. The number of thioether (sulfide) groups is 1. The largest absolute Gasteiger partial charge is 0.394 e. The van der Waals surface area contributed by atoms with E-state index < -0.39 is 5.76 Å². The highest BCUT2D eigenvalue weighted by molar-refractivity contribution is 7.99. The molecule has 2 aromatic rings. The Morgan fingerprint density at radius 2 is 2.30 bits per heavy atom. The molecule has 0 saturated carbocycles. The van der Waals surface area contributed by atoms with Crippen LogP contribution in [0.15, 0.2) is 35.5 Å². The van der Waals surface area contributed by atoms with Gasteiger partial charge in [0.25, 0.3) is 5.76 Å². The van der Waals surface area contributed by atoms with Crippen LogP contribution >= 0.6 is 11.8 Å². The predicted molar refractivity (Wildman–Crippen MR) is 86.9 cm³/mol. The Balaban J connectivity index is 1.75. The van der Waals surface area contributed by atoms with Crippen molar-refractivity contribution >= 4 is 17.4 Å². The van der Waals surface area contributed by atoms with E-state index in [0.29, 0.717) is 23.2 Å². The molecule has 4 nitrogen and oxygen atoms in total. The van der Waals surface area contributed by atoms with Crippen LogP contribution in [0.5, 0.6) is 0 Å². The van der Waals surface area contributed by atoms with Gasteiger partial charge < -0.3 is 10.4 Å². The number of aliphatic hydroxyl groups is 1. The van der Waals surface area contributed by atoms with E-state index in [1.165, 1.54) is 5.56 Å². The van der Waals surface area contributed by atoms with E-state index in [2.05, 4.69) is 10.4 Å². The first-order chi connectivity index (χ1) is 11.2. The molecule has 0 bridgehead atoms. The second-order valence-corrected chi connectivity index (χ2v) is 6.61. The van der Waals surface area contributed by atoms with Crippen molar-refractivity contribution in [1.29, 1.82) is 0 Å². The molecule has 3 rings (SSSR count). The molecule has 0 spiro atoms. The summed E-state index contributed by atoms with van der Waals surface area (Å²) >= 11 is 0.595. The van der Waals surface area contributed by atoms with Crippen LogP contribution in [0.1, 0.15) is 30.0 Å². The summed E-state index contributed by atoms with van der Waals surface area (Å²) in [6.45, 7) is 0.523. The van der Waals surface area contributed by atoms with Crippen LogP contribution < -0.4 is 5.32 Å². The van der Waals surface area contributed by atoms with Crippen molar-refractivity contribution < 1.29 is 13.9 Å². The zero-order valence-electron chi connectivity index (χ0n) is 12.6. The topological polar surface area (TPSA) is 50.1 Å². The monoisotopic (exact) mass is 339 g/mol. The van der Waals surface area contributed by atoms with Gasteiger partial charge in [-0.15, -0.1) is 0 Å². The predicted octanol–water partition coefficient (Wildman–Crippen LogP) is 3.68. The number of fused-ring (bicyclic) bond motifs is 1. The Bertz CT molecular complexity index is 663. The molecule has 1 unspecified atom stereocenters. The third-order valence-electron chi connectivity index (χ3n) is 3.96. The lowest BCUT2D eigenvalue weighted by atomic mass is 9.87. The van der Waals surface area contributed by atoms with Gasteiger partial charge in [-0.3, -0.25) is 4.68 Å². The normalized spacial score (nSPS) is 17.3. The lowest BCUT2D eigenvalue weighted by Crippen LogP contribution is -2.17. The number of nitrogens with zero attached hydrogens (tertiary/aromatic N) is 2. The number of hydrogen-bond acceptors (Lipinski definition) is 4. The van der Waals surface area contributed by atoms with Gasteiger partial charge in [0, 0.05) is 11.1 Å². The summed E-state index contributed by atoms with van der Waals surface area (Å²) in [5, 5.41) is 16.6. The molecule has 0 amide bonds. The average molecular weight is 339 g/mol. The average Bonchev–Trinajstić information content (AvgIpc) is 2.94. The number of anilines is 1. The van der Waals surface area contributed by atoms with E-state index in [1.807, 2.05) is 18.3 Å². The summed E-state index contributed by atoms with van der Waals surface area (Å²) < 4.78 is 26.7. The minimum atomic E-state index is -2.39. The molecule has 1 aliphatic rings. The molecule has 0 radical (unpaired) electrons. The standard InChI is InChI=1S/C16H19F2N3OS/c17-16(18)23-13-4-5-14-11(8-13)2-1-3-15(14)20-12-9-19-21(10-12)6-7-22/h4-5,8-10,15-16,20,22H,1-3,6-7H2. The highest BCUT2D eigenvalue weighted by Gasteiger charge is 2.21. The van der Waals surface area contributed by atoms with Crippen molar-refractivity contribution in [3.05, 3.63) is 41.7 Å². The zero-order chi connectivity index (χ0) is 16.2. The van der Waals surface area contributed by atoms with Crippen LogP contribution in [0.2, 0.25) is 0 Å². The molecule has 0 saturated heterocycles. The second kappa shape index (κ2) is 7.31. The zero-order valence-corrected chi connectivity index (χ0v) is 13.4. The van der Waals surface area contributed by atoms with Crippen molar-refractivity contribution in [1.82, 2.24) is 9.78 Å². The maximum Gasteiger partial charge on any atom is 0.288 e. The van der Waals surface area contributed by atoms with Crippen molar-refractivity contribution in [3.63, 3.8) is 0 Å².